The molecule has 0 radical (unpaired) electrons. The lowest BCUT2D eigenvalue weighted by atomic mass is 9.93. The maximum absolute atomic E-state index is 13.3. The van der Waals surface area contributed by atoms with Crippen LogP contribution in [0.4, 0.5) is 23.7 Å². The molecule has 1 aliphatic heterocycles. The van der Waals surface area contributed by atoms with Gasteiger partial charge in [0, 0.05) is 24.7 Å². The molecule has 1 atom stereocenters. The van der Waals surface area contributed by atoms with Crippen LogP contribution in [-0.2, 0) is 10.9 Å². The smallest absolute Gasteiger partial charge is 0.416 e. The number of urea groups is 1. The number of hydrogen-bond acceptors (Lipinski definition) is 3. The van der Waals surface area contributed by atoms with Crippen molar-refractivity contribution in [2.24, 2.45) is 0 Å². The van der Waals surface area contributed by atoms with Gasteiger partial charge < -0.3 is 15.0 Å². The lowest BCUT2D eigenvalue weighted by Gasteiger charge is -2.20. The molecule has 0 saturated carbocycles. The van der Waals surface area contributed by atoms with E-state index in [1.807, 2.05) is 0 Å². The van der Waals surface area contributed by atoms with Gasteiger partial charge in [-0.25, -0.2) is 9.59 Å². The molecule has 5 nitrogen and oxygen atoms in total. The summed E-state index contributed by atoms with van der Waals surface area (Å²) in [4.78, 5) is 25.7. The summed E-state index contributed by atoms with van der Waals surface area (Å²) in [7, 11) is 0. The lowest BCUT2D eigenvalue weighted by molar-refractivity contribution is -0.138. The highest BCUT2D eigenvalue weighted by atomic mass is 19.4. The molecule has 0 spiro atoms. The third-order valence-corrected chi connectivity index (χ3v) is 4.83. The molecule has 2 aromatic carbocycles. The first-order valence-electron chi connectivity index (χ1n) is 9.29. The zero-order valence-corrected chi connectivity index (χ0v) is 15.8. The highest BCUT2D eigenvalue weighted by molar-refractivity contribution is 5.92. The summed E-state index contributed by atoms with van der Waals surface area (Å²) in [6, 6.07) is 11.4. The fraction of sp³-hybridized carbons (Fsp3) is 0.333. The van der Waals surface area contributed by atoms with Crippen molar-refractivity contribution in [2.75, 3.05) is 25.0 Å². The average Bonchev–Trinajstić information content (AvgIpc) is 3.18. The summed E-state index contributed by atoms with van der Waals surface area (Å²) in [6.07, 6.45) is -3.96. The van der Waals surface area contributed by atoms with Crippen LogP contribution in [0.3, 0.4) is 0 Å². The Morgan fingerprint density at radius 1 is 1.14 bits per heavy atom. The van der Waals surface area contributed by atoms with Gasteiger partial charge in [0.05, 0.1) is 17.7 Å². The van der Waals surface area contributed by atoms with Gasteiger partial charge in [-0.1, -0.05) is 18.2 Å². The monoisotopic (exact) mass is 406 g/mol. The van der Waals surface area contributed by atoms with Crippen LogP contribution in [0.15, 0.2) is 48.5 Å². The van der Waals surface area contributed by atoms with E-state index in [2.05, 4.69) is 5.32 Å². The number of likely N-dealkylation sites (tertiary alicyclic amines) is 1. The maximum atomic E-state index is 13.3. The van der Waals surface area contributed by atoms with E-state index in [0.717, 1.165) is 6.07 Å². The topological polar surface area (TPSA) is 58.6 Å². The summed E-state index contributed by atoms with van der Waals surface area (Å²) in [5.74, 6) is -0.819. The van der Waals surface area contributed by atoms with Gasteiger partial charge in [0.2, 0.25) is 0 Å². The van der Waals surface area contributed by atoms with Crippen LogP contribution in [0.1, 0.15) is 40.7 Å². The standard InChI is InChI=1S/C21H21F3N2O3/c1-2-29-19(27)14-7-9-16(10-8-14)25-20(28)26-12-11-15(13-26)17-5-3-4-6-18(17)21(22,23)24/h3-10,15H,2,11-13H2,1H3,(H,25,28). The van der Waals surface area contributed by atoms with Crippen molar-refractivity contribution >= 4 is 17.7 Å². The number of nitrogens with zero attached hydrogens (tertiary/aromatic N) is 1. The van der Waals surface area contributed by atoms with Crippen LogP contribution in [0, 0.1) is 0 Å². The van der Waals surface area contributed by atoms with Crippen LogP contribution in [-0.4, -0.2) is 36.6 Å². The van der Waals surface area contributed by atoms with E-state index in [-0.39, 0.29) is 30.7 Å². The second kappa shape index (κ2) is 8.55. The summed E-state index contributed by atoms with van der Waals surface area (Å²) >= 11 is 0. The summed E-state index contributed by atoms with van der Waals surface area (Å²) in [5.41, 5.74) is 0.424. The van der Waals surface area contributed by atoms with Crippen molar-refractivity contribution in [3.63, 3.8) is 0 Å². The number of carbonyl (C=O) groups is 2. The van der Waals surface area contributed by atoms with Gasteiger partial charge in [-0.2, -0.15) is 13.2 Å². The minimum Gasteiger partial charge on any atom is -0.462 e. The molecule has 2 amide bonds. The van der Waals surface area contributed by atoms with E-state index in [4.69, 9.17) is 4.74 Å². The number of anilines is 1. The van der Waals surface area contributed by atoms with Gasteiger partial charge in [-0.15, -0.1) is 0 Å². The van der Waals surface area contributed by atoms with Crippen molar-refractivity contribution in [1.29, 1.82) is 0 Å². The van der Waals surface area contributed by atoms with Crippen molar-refractivity contribution in [3.05, 3.63) is 65.2 Å². The van der Waals surface area contributed by atoms with Gasteiger partial charge >= 0.3 is 18.2 Å². The Morgan fingerprint density at radius 2 is 1.83 bits per heavy atom. The van der Waals surface area contributed by atoms with E-state index in [9.17, 15) is 22.8 Å². The molecule has 3 rings (SSSR count). The first-order chi connectivity index (χ1) is 13.8. The van der Waals surface area contributed by atoms with E-state index in [1.54, 1.807) is 37.3 Å². The molecule has 154 valence electrons. The number of amides is 2. The van der Waals surface area contributed by atoms with Crippen LogP contribution < -0.4 is 5.32 Å². The Labute approximate surface area is 166 Å². The molecule has 1 fully saturated rings. The van der Waals surface area contributed by atoms with Gasteiger partial charge in [0.25, 0.3) is 0 Å². The highest BCUT2D eigenvalue weighted by Crippen LogP contribution is 2.38. The molecule has 1 unspecified atom stereocenters. The fourth-order valence-corrected chi connectivity index (χ4v) is 3.42. The quantitative estimate of drug-likeness (QED) is 0.735. The number of benzene rings is 2. The molecule has 0 aromatic heterocycles. The SMILES string of the molecule is CCOC(=O)c1ccc(NC(=O)N2CCC(c3ccccc3C(F)(F)F)C2)cc1. The Kier molecular flexibility index (Phi) is 6.10. The first kappa shape index (κ1) is 20.7. The normalized spacial score (nSPS) is 16.6. The van der Waals surface area contributed by atoms with Crippen LogP contribution in [0.25, 0.3) is 0 Å². The predicted molar refractivity (Wildman–Crippen MR) is 102 cm³/mol. The largest absolute Gasteiger partial charge is 0.462 e. The lowest BCUT2D eigenvalue weighted by Crippen LogP contribution is -2.32. The Morgan fingerprint density at radius 3 is 2.48 bits per heavy atom. The molecule has 1 heterocycles. The zero-order chi connectivity index (χ0) is 21.0. The molecular formula is C21H21F3N2O3. The number of ether oxygens (including phenoxy) is 1. The van der Waals surface area contributed by atoms with Crippen molar-refractivity contribution in [1.82, 2.24) is 4.90 Å². The molecule has 1 N–H and O–H groups in total. The van der Waals surface area contributed by atoms with Crippen molar-refractivity contribution < 1.29 is 27.5 Å². The van der Waals surface area contributed by atoms with Gasteiger partial charge in [0.1, 0.15) is 0 Å². The third-order valence-electron chi connectivity index (χ3n) is 4.83. The van der Waals surface area contributed by atoms with E-state index in [1.165, 1.54) is 17.0 Å². The average molecular weight is 406 g/mol. The molecule has 29 heavy (non-hydrogen) atoms. The minimum absolute atomic E-state index is 0.208. The molecule has 8 heteroatoms. The molecule has 1 aliphatic rings. The summed E-state index contributed by atoms with van der Waals surface area (Å²) < 4.78 is 44.7. The number of esters is 1. The zero-order valence-electron chi connectivity index (χ0n) is 15.8. The number of halogens is 3. The fourth-order valence-electron chi connectivity index (χ4n) is 3.42. The van der Waals surface area contributed by atoms with Crippen LogP contribution >= 0.6 is 0 Å². The Bertz CT molecular complexity index is 881. The molecular weight excluding hydrogens is 385 g/mol. The Hall–Kier alpha value is -3.03. The van der Waals surface area contributed by atoms with E-state index >= 15 is 0 Å². The third kappa shape index (κ3) is 4.88. The molecule has 2 aromatic rings. The Balaban J connectivity index is 1.64. The van der Waals surface area contributed by atoms with Crippen molar-refractivity contribution in [3.8, 4) is 0 Å². The summed E-state index contributed by atoms with van der Waals surface area (Å²) in [5, 5.41) is 2.71. The maximum Gasteiger partial charge on any atom is 0.416 e. The number of rotatable bonds is 4. The van der Waals surface area contributed by atoms with Gasteiger partial charge in [-0.05, 0) is 49.2 Å². The van der Waals surface area contributed by atoms with Crippen molar-refractivity contribution in [2.45, 2.75) is 25.4 Å². The second-order valence-corrected chi connectivity index (χ2v) is 6.74. The van der Waals surface area contributed by atoms with Crippen LogP contribution in [0.2, 0.25) is 0 Å². The molecule has 0 aliphatic carbocycles. The number of hydrogen-bond donors (Lipinski definition) is 1. The highest BCUT2D eigenvalue weighted by Gasteiger charge is 2.37. The van der Waals surface area contributed by atoms with Gasteiger partial charge in [0.15, 0.2) is 0 Å². The molecule has 1 saturated heterocycles. The van der Waals surface area contributed by atoms with E-state index < -0.39 is 17.7 Å². The number of alkyl halides is 3. The van der Waals surface area contributed by atoms with Gasteiger partial charge in [-0.3, -0.25) is 0 Å². The van der Waals surface area contributed by atoms with E-state index in [0.29, 0.717) is 24.2 Å². The predicted octanol–water partition coefficient (Wildman–Crippen LogP) is 4.90. The second-order valence-electron chi connectivity index (χ2n) is 6.74. The number of carbonyl (C=O) groups excluding carboxylic acids is 2. The number of nitrogens with one attached hydrogen (secondary N) is 1. The first-order valence-corrected chi connectivity index (χ1v) is 9.29. The minimum atomic E-state index is -4.42. The molecule has 0 bridgehead atoms. The summed E-state index contributed by atoms with van der Waals surface area (Å²) in [6.45, 7) is 2.55. The van der Waals surface area contributed by atoms with Crippen LogP contribution in [0.5, 0.6) is 0 Å².